The zero-order chi connectivity index (χ0) is 14.7. The van der Waals surface area contributed by atoms with Crippen molar-refractivity contribution in [2.45, 2.75) is 26.9 Å². The van der Waals surface area contributed by atoms with Crippen molar-refractivity contribution in [2.75, 3.05) is 6.54 Å². The van der Waals surface area contributed by atoms with Gasteiger partial charge in [-0.15, -0.1) is 11.3 Å². The molecule has 0 unspecified atom stereocenters. The van der Waals surface area contributed by atoms with Crippen molar-refractivity contribution in [2.24, 2.45) is 5.92 Å². The quantitative estimate of drug-likeness (QED) is 0.759. The molecule has 2 heterocycles. The third kappa shape index (κ3) is 3.68. The predicted molar refractivity (Wildman–Crippen MR) is 87.5 cm³/mol. The number of hydrogen-bond acceptors (Lipinski definition) is 4. The van der Waals surface area contributed by atoms with Gasteiger partial charge in [-0.3, -0.25) is 4.68 Å². The van der Waals surface area contributed by atoms with Gasteiger partial charge < -0.3 is 5.32 Å². The maximum Gasteiger partial charge on any atom is 0.115 e. The lowest BCUT2D eigenvalue weighted by Gasteiger charge is -2.04. The minimum atomic E-state index is 0.662. The molecule has 0 saturated heterocycles. The van der Waals surface area contributed by atoms with Crippen molar-refractivity contribution in [1.29, 1.82) is 0 Å². The van der Waals surface area contributed by atoms with E-state index in [1.165, 1.54) is 4.70 Å². The van der Waals surface area contributed by atoms with Crippen molar-refractivity contribution < 1.29 is 0 Å². The van der Waals surface area contributed by atoms with Crippen LogP contribution in [0.25, 0.3) is 10.2 Å². The average Bonchev–Trinajstić information content (AvgIpc) is 3.04. The van der Waals surface area contributed by atoms with Crippen molar-refractivity contribution in [3.8, 4) is 0 Å². The number of thiazole rings is 1. The fraction of sp³-hybridized carbons (Fsp3) is 0.375. The second kappa shape index (κ2) is 6.37. The molecule has 2 aromatic heterocycles. The van der Waals surface area contributed by atoms with Crippen LogP contribution in [0.1, 0.15) is 24.5 Å². The van der Waals surface area contributed by atoms with Crippen LogP contribution in [0, 0.1) is 5.92 Å². The largest absolute Gasteiger partial charge is 0.311 e. The molecule has 0 aliphatic carbocycles. The second-order valence-corrected chi connectivity index (χ2v) is 6.72. The first-order chi connectivity index (χ1) is 10.2. The Morgan fingerprint density at radius 2 is 2.10 bits per heavy atom. The zero-order valence-corrected chi connectivity index (χ0v) is 13.2. The summed E-state index contributed by atoms with van der Waals surface area (Å²) in [6.07, 6.45) is 2.03. The first kappa shape index (κ1) is 14.2. The van der Waals surface area contributed by atoms with Gasteiger partial charge in [-0.2, -0.15) is 5.10 Å². The van der Waals surface area contributed by atoms with Crippen LogP contribution in [0.2, 0.25) is 0 Å². The molecule has 3 aromatic rings. The smallest absolute Gasteiger partial charge is 0.115 e. The van der Waals surface area contributed by atoms with Gasteiger partial charge in [0.05, 0.1) is 22.5 Å². The molecule has 110 valence electrons. The molecule has 0 aliphatic heterocycles. The van der Waals surface area contributed by atoms with Gasteiger partial charge in [0, 0.05) is 12.7 Å². The Labute approximate surface area is 128 Å². The maximum absolute atomic E-state index is 4.64. The van der Waals surface area contributed by atoms with Gasteiger partial charge in [-0.05, 0) is 30.7 Å². The van der Waals surface area contributed by atoms with Crippen LogP contribution < -0.4 is 5.32 Å². The third-order valence-electron chi connectivity index (χ3n) is 3.19. The molecule has 0 spiro atoms. The summed E-state index contributed by atoms with van der Waals surface area (Å²) in [7, 11) is 0. The van der Waals surface area contributed by atoms with Gasteiger partial charge in [-0.1, -0.05) is 26.0 Å². The van der Waals surface area contributed by atoms with Gasteiger partial charge in [0.2, 0.25) is 0 Å². The monoisotopic (exact) mass is 300 g/mol. The number of aromatic nitrogens is 3. The Morgan fingerprint density at radius 1 is 1.24 bits per heavy atom. The Morgan fingerprint density at radius 3 is 2.90 bits per heavy atom. The Bertz CT molecular complexity index is 681. The molecule has 3 rings (SSSR count). The highest BCUT2D eigenvalue weighted by atomic mass is 32.1. The highest BCUT2D eigenvalue weighted by molar-refractivity contribution is 7.18. The van der Waals surface area contributed by atoms with Crippen LogP contribution >= 0.6 is 11.3 Å². The molecule has 21 heavy (non-hydrogen) atoms. The normalized spacial score (nSPS) is 11.6. The zero-order valence-electron chi connectivity index (χ0n) is 12.4. The van der Waals surface area contributed by atoms with Gasteiger partial charge in [0.25, 0.3) is 0 Å². The first-order valence-corrected chi connectivity index (χ1v) is 8.10. The lowest BCUT2D eigenvalue weighted by atomic mass is 10.2. The third-order valence-corrected chi connectivity index (χ3v) is 4.21. The second-order valence-electron chi connectivity index (χ2n) is 5.60. The van der Waals surface area contributed by atoms with E-state index in [1.807, 2.05) is 16.9 Å². The molecule has 0 saturated carbocycles. The van der Waals surface area contributed by atoms with E-state index in [-0.39, 0.29) is 0 Å². The summed E-state index contributed by atoms with van der Waals surface area (Å²) in [6.45, 7) is 7.00. The molecule has 0 radical (unpaired) electrons. The Kier molecular flexibility index (Phi) is 4.31. The number of para-hydroxylation sites is 1. The highest BCUT2D eigenvalue weighted by Gasteiger charge is 2.05. The minimum absolute atomic E-state index is 0.662. The summed E-state index contributed by atoms with van der Waals surface area (Å²) in [5, 5.41) is 9.10. The minimum Gasteiger partial charge on any atom is -0.311 e. The van der Waals surface area contributed by atoms with Gasteiger partial charge in [0.15, 0.2) is 0 Å². The number of fused-ring (bicyclic) bond motifs is 1. The molecule has 0 aliphatic rings. The van der Waals surface area contributed by atoms with E-state index in [0.29, 0.717) is 5.92 Å². The molecular weight excluding hydrogens is 280 g/mol. The van der Waals surface area contributed by atoms with Crippen molar-refractivity contribution in [3.63, 3.8) is 0 Å². The summed E-state index contributed by atoms with van der Waals surface area (Å²) in [5.41, 5.74) is 2.15. The molecule has 1 N–H and O–H groups in total. The molecule has 0 bridgehead atoms. The number of benzene rings is 1. The van der Waals surface area contributed by atoms with Crippen LogP contribution in [0.3, 0.4) is 0 Å². The molecule has 0 fully saturated rings. The summed E-state index contributed by atoms with van der Waals surface area (Å²) in [4.78, 5) is 4.64. The Balaban J connectivity index is 1.63. The van der Waals surface area contributed by atoms with Gasteiger partial charge in [-0.25, -0.2) is 4.98 Å². The lowest BCUT2D eigenvalue weighted by Crippen LogP contribution is -2.19. The van der Waals surface area contributed by atoms with Gasteiger partial charge >= 0.3 is 0 Å². The summed E-state index contributed by atoms with van der Waals surface area (Å²) in [6, 6.07) is 10.3. The first-order valence-electron chi connectivity index (χ1n) is 7.28. The van der Waals surface area contributed by atoms with Crippen molar-refractivity contribution >= 4 is 21.6 Å². The van der Waals surface area contributed by atoms with Gasteiger partial charge in [0.1, 0.15) is 5.01 Å². The molecule has 0 amide bonds. The van der Waals surface area contributed by atoms with E-state index in [0.717, 1.165) is 35.9 Å². The topological polar surface area (TPSA) is 42.7 Å². The summed E-state index contributed by atoms with van der Waals surface area (Å²) >= 11 is 1.74. The van der Waals surface area contributed by atoms with Crippen molar-refractivity contribution in [1.82, 2.24) is 20.1 Å². The standard InChI is InChI=1S/C16H20N4S/c1-12(2)9-17-10-13-7-8-20(19-13)11-16-18-14-5-3-4-6-15(14)21-16/h3-8,12,17H,9-11H2,1-2H3. The molecule has 4 nitrogen and oxygen atoms in total. The van der Waals surface area contributed by atoms with Crippen molar-refractivity contribution in [3.05, 3.63) is 47.2 Å². The summed E-state index contributed by atoms with van der Waals surface area (Å²) < 4.78 is 3.20. The number of rotatable bonds is 6. The number of hydrogen-bond donors (Lipinski definition) is 1. The lowest BCUT2D eigenvalue weighted by molar-refractivity contribution is 0.543. The van der Waals surface area contributed by atoms with E-state index < -0.39 is 0 Å². The summed E-state index contributed by atoms with van der Waals surface area (Å²) in [5.74, 6) is 0.662. The van der Waals surface area contributed by atoms with E-state index in [2.05, 4.69) is 53.5 Å². The number of nitrogens with one attached hydrogen (secondary N) is 1. The van der Waals surface area contributed by atoms with Crippen LogP contribution in [0.5, 0.6) is 0 Å². The molecule has 0 atom stereocenters. The van der Waals surface area contributed by atoms with Crippen LogP contribution in [-0.2, 0) is 13.1 Å². The average molecular weight is 300 g/mol. The predicted octanol–water partition coefficient (Wildman–Crippen LogP) is 3.29. The van der Waals surface area contributed by atoms with Crippen LogP contribution in [0.4, 0.5) is 0 Å². The fourth-order valence-electron chi connectivity index (χ4n) is 2.20. The highest BCUT2D eigenvalue weighted by Crippen LogP contribution is 2.21. The van der Waals surface area contributed by atoms with E-state index >= 15 is 0 Å². The van der Waals surface area contributed by atoms with Crippen LogP contribution in [-0.4, -0.2) is 21.3 Å². The molecular formula is C16H20N4S. The molecule has 1 aromatic carbocycles. The Hall–Kier alpha value is -1.72. The number of nitrogens with zero attached hydrogens (tertiary/aromatic N) is 3. The van der Waals surface area contributed by atoms with Crippen LogP contribution in [0.15, 0.2) is 36.5 Å². The maximum atomic E-state index is 4.64. The van der Waals surface area contributed by atoms with E-state index in [1.54, 1.807) is 11.3 Å². The fourth-order valence-corrected chi connectivity index (χ4v) is 3.16. The SMILES string of the molecule is CC(C)CNCc1ccn(Cc2nc3ccccc3s2)n1. The van der Waals surface area contributed by atoms with E-state index in [4.69, 9.17) is 0 Å². The van der Waals surface area contributed by atoms with E-state index in [9.17, 15) is 0 Å². The molecule has 5 heteroatoms.